The number of hydrogen-bond donors (Lipinski definition) is 0. The zero-order valence-electron chi connectivity index (χ0n) is 14.4. The van der Waals surface area contributed by atoms with E-state index < -0.39 is 0 Å². The van der Waals surface area contributed by atoms with Gasteiger partial charge in [-0.05, 0) is 40.7 Å². The molecule has 25 heavy (non-hydrogen) atoms. The van der Waals surface area contributed by atoms with Crippen LogP contribution in [0.25, 0.3) is 27.4 Å². The molecule has 0 radical (unpaired) electrons. The molecule has 0 N–H and O–H groups in total. The fourth-order valence-electron chi connectivity index (χ4n) is 4.89. The molecule has 2 aromatic carbocycles. The van der Waals surface area contributed by atoms with Crippen molar-refractivity contribution in [2.45, 2.75) is 20.1 Å². The second-order valence-electron chi connectivity index (χ2n) is 7.26. The van der Waals surface area contributed by atoms with Crippen molar-refractivity contribution in [3.05, 3.63) is 53.4 Å². The second kappa shape index (κ2) is 4.20. The highest BCUT2D eigenvalue weighted by atomic mass is 16.5. The highest BCUT2D eigenvalue weighted by Crippen LogP contribution is 2.46. The van der Waals surface area contributed by atoms with Crippen LogP contribution in [0.15, 0.2) is 41.7 Å². The third-order valence-corrected chi connectivity index (χ3v) is 5.93. The largest absolute Gasteiger partial charge is 0.453 e. The predicted octanol–water partition coefficient (Wildman–Crippen LogP) is 3.67. The van der Waals surface area contributed by atoms with E-state index in [0.29, 0.717) is 0 Å². The molecule has 0 aliphatic carbocycles. The summed E-state index contributed by atoms with van der Waals surface area (Å²) < 4.78 is 10.4. The molecule has 2 atom stereocenters. The Bertz CT molecular complexity index is 1210. The van der Waals surface area contributed by atoms with E-state index in [9.17, 15) is 0 Å². The topological polar surface area (TPSA) is 29.5 Å². The summed E-state index contributed by atoms with van der Waals surface area (Å²) in [6.45, 7) is 4.45. The van der Waals surface area contributed by atoms with Gasteiger partial charge >= 0.3 is 0 Å². The van der Waals surface area contributed by atoms with Crippen molar-refractivity contribution in [2.75, 3.05) is 7.05 Å². The van der Waals surface area contributed by atoms with Crippen molar-refractivity contribution in [1.29, 1.82) is 0 Å². The average Bonchev–Trinajstić information content (AvgIpc) is 3.19. The summed E-state index contributed by atoms with van der Waals surface area (Å²) in [4.78, 5) is 4.58. The lowest BCUT2D eigenvalue weighted by atomic mass is 9.83. The molecule has 122 valence electrons. The quantitative estimate of drug-likeness (QED) is 0.579. The summed E-state index contributed by atoms with van der Waals surface area (Å²) in [5.41, 5.74) is 7.79. The van der Waals surface area contributed by atoms with Crippen LogP contribution in [0.3, 0.4) is 0 Å². The molecular formula is C21H18N3O+. The molecule has 0 saturated heterocycles. The number of hydrogen-bond acceptors (Lipinski definition) is 2. The number of aromatic nitrogens is 1. The van der Waals surface area contributed by atoms with E-state index in [1.807, 2.05) is 12.6 Å². The summed E-state index contributed by atoms with van der Waals surface area (Å²) in [6.07, 6.45) is 5.92. The molecule has 0 saturated carbocycles. The van der Waals surface area contributed by atoms with Crippen LogP contribution in [0.1, 0.15) is 16.7 Å². The second-order valence-corrected chi connectivity index (χ2v) is 7.26. The summed E-state index contributed by atoms with van der Waals surface area (Å²) >= 11 is 0. The molecule has 3 aromatic rings. The van der Waals surface area contributed by atoms with Crippen LogP contribution < -0.4 is 0 Å². The van der Waals surface area contributed by atoms with E-state index in [4.69, 9.17) is 4.74 Å². The Balaban J connectivity index is 1.93. The minimum atomic E-state index is -0.141. The zero-order valence-corrected chi connectivity index (χ0v) is 14.4. The minimum absolute atomic E-state index is 0.141. The van der Waals surface area contributed by atoms with Crippen molar-refractivity contribution in [2.24, 2.45) is 10.9 Å². The van der Waals surface area contributed by atoms with Crippen LogP contribution in [0, 0.1) is 19.8 Å². The third kappa shape index (κ3) is 1.41. The monoisotopic (exact) mass is 328 g/mol. The Hall–Kier alpha value is -2.88. The number of fused-ring (bicyclic) bond motifs is 4. The molecule has 4 nitrogen and oxygen atoms in total. The number of rotatable bonds is 0. The first kappa shape index (κ1) is 13.4. The molecule has 3 aliphatic rings. The molecule has 4 heterocycles. The summed E-state index contributed by atoms with van der Waals surface area (Å²) in [5.74, 6) is 0.164. The molecule has 2 unspecified atom stereocenters. The molecular weight excluding hydrogens is 310 g/mol. The van der Waals surface area contributed by atoms with E-state index in [-0.39, 0.29) is 12.1 Å². The van der Waals surface area contributed by atoms with Gasteiger partial charge in [0.25, 0.3) is 12.6 Å². The Morgan fingerprint density at radius 2 is 1.96 bits per heavy atom. The number of aliphatic imine (C=N–C) groups is 1. The normalized spacial score (nSPS) is 23.2. The third-order valence-electron chi connectivity index (χ3n) is 5.93. The summed E-state index contributed by atoms with van der Waals surface area (Å²) in [7, 11) is 2.09. The SMILES string of the molecule is Cc1c2c3c(c(C)cn3C3=COC4N=C[N+](C)=C2C34)c2ccccc12. The van der Waals surface area contributed by atoms with Gasteiger partial charge in [-0.15, -0.1) is 0 Å². The zero-order chi connectivity index (χ0) is 16.9. The van der Waals surface area contributed by atoms with E-state index in [1.165, 1.54) is 49.8 Å². The lowest BCUT2D eigenvalue weighted by Gasteiger charge is -2.28. The van der Waals surface area contributed by atoms with Gasteiger partial charge in [-0.25, -0.2) is 4.58 Å². The van der Waals surface area contributed by atoms with E-state index >= 15 is 0 Å². The van der Waals surface area contributed by atoms with Crippen molar-refractivity contribution in [3.63, 3.8) is 0 Å². The number of aryl methyl sites for hydroxylation is 2. The summed E-state index contributed by atoms with van der Waals surface area (Å²) in [5, 5.41) is 4.01. The smallest absolute Gasteiger partial charge is 0.294 e. The Morgan fingerprint density at radius 3 is 2.80 bits per heavy atom. The van der Waals surface area contributed by atoms with Crippen LogP contribution in [0.4, 0.5) is 0 Å². The van der Waals surface area contributed by atoms with Gasteiger partial charge in [0.05, 0.1) is 18.3 Å². The van der Waals surface area contributed by atoms with Crippen molar-refractivity contribution in [3.8, 4) is 0 Å². The molecule has 0 bridgehead atoms. The maximum absolute atomic E-state index is 5.90. The first-order valence-electron chi connectivity index (χ1n) is 8.69. The first-order valence-corrected chi connectivity index (χ1v) is 8.69. The van der Waals surface area contributed by atoms with Gasteiger partial charge in [0.15, 0.2) is 0 Å². The average molecular weight is 328 g/mol. The molecule has 0 amide bonds. The van der Waals surface area contributed by atoms with Gasteiger partial charge in [0, 0.05) is 17.1 Å². The fourth-order valence-corrected chi connectivity index (χ4v) is 4.89. The van der Waals surface area contributed by atoms with Gasteiger partial charge in [-0.2, -0.15) is 0 Å². The van der Waals surface area contributed by atoms with Crippen molar-refractivity contribution >= 4 is 39.4 Å². The maximum Gasteiger partial charge on any atom is 0.294 e. The van der Waals surface area contributed by atoms with E-state index in [0.717, 1.165) is 0 Å². The maximum atomic E-state index is 5.90. The molecule has 4 heteroatoms. The van der Waals surface area contributed by atoms with Crippen LogP contribution in [-0.2, 0) is 4.74 Å². The highest BCUT2D eigenvalue weighted by Gasteiger charge is 2.49. The molecule has 6 rings (SSSR count). The van der Waals surface area contributed by atoms with Gasteiger partial charge in [0.2, 0.25) is 0 Å². The van der Waals surface area contributed by atoms with Crippen LogP contribution in [0.2, 0.25) is 0 Å². The fraction of sp³-hybridized carbons (Fsp3) is 0.238. The molecule has 0 fully saturated rings. The van der Waals surface area contributed by atoms with E-state index in [1.54, 1.807) is 0 Å². The predicted molar refractivity (Wildman–Crippen MR) is 100 cm³/mol. The molecule has 1 aromatic heterocycles. The number of ether oxygens (including phenoxy) is 1. The Kier molecular flexibility index (Phi) is 2.25. The first-order chi connectivity index (χ1) is 12.2. The minimum Gasteiger partial charge on any atom is -0.453 e. The number of benzene rings is 2. The number of nitrogens with zero attached hydrogens (tertiary/aromatic N) is 3. The summed E-state index contributed by atoms with van der Waals surface area (Å²) in [6, 6.07) is 8.74. The van der Waals surface area contributed by atoms with Gasteiger partial charge in [-0.1, -0.05) is 24.3 Å². The van der Waals surface area contributed by atoms with Crippen LogP contribution in [-0.4, -0.2) is 34.5 Å². The van der Waals surface area contributed by atoms with E-state index in [2.05, 4.69) is 65.5 Å². The standard InChI is InChI=1S/C21H18N3O/c1-11-8-24-15-9-25-21-18(15)19(23(3)10-22-21)17-12(2)13-6-4-5-7-14(13)16(11)20(17)24/h4-10,18,21H,1-3H3/q+1. The lowest BCUT2D eigenvalue weighted by Crippen LogP contribution is -2.40. The highest BCUT2D eigenvalue weighted by molar-refractivity contribution is 6.24. The lowest BCUT2D eigenvalue weighted by molar-refractivity contribution is -0.366. The van der Waals surface area contributed by atoms with Crippen molar-refractivity contribution < 1.29 is 9.31 Å². The van der Waals surface area contributed by atoms with Crippen LogP contribution in [0.5, 0.6) is 0 Å². The van der Waals surface area contributed by atoms with Gasteiger partial charge in [-0.3, -0.25) is 0 Å². The van der Waals surface area contributed by atoms with Crippen molar-refractivity contribution in [1.82, 2.24) is 4.57 Å². The Morgan fingerprint density at radius 1 is 1.16 bits per heavy atom. The van der Waals surface area contributed by atoms with Gasteiger partial charge in [0.1, 0.15) is 17.9 Å². The Labute approximate surface area is 145 Å². The molecule has 0 spiro atoms. The molecule has 3 aliphatic heterocycles. The van der Waals surface area contributed by atoms with Crippen LogP contribution >= 0.6 is 0 Å². The van der Waals surface area contributed by atoms with Gasteiger partial charge < -0.3 is 9.30 Å².